The van der Waals surface area contributed by atoms with E-state index in [1.165, 1.54) is 18.5 Å². The van der Waals surface area contributed by atoms with Crippen LogP contribution in [-0.4, -0.2) is 39.6 Å². The lowest BCUT2D eigenvalue weighted by Crippen LogP contribution is -2.29. The SMILES string of the molecule is CC(C)n1cc(-c2ccnc3[nH]c(C4CCN(C)CC4)cc23)ccc1=O. The maximum atomic E-state index is 12.1. The maximum Gasteiger partial charge on any atom is 0.250 e. The van der Waals surface area contributed by atoms with Gasteiger partial charge >= 0.3 is 0 Å². The third-order valence-electron chi connectivity index (χ3n) is 5.52. The van der Waals surface area contributed by atoms with Gasteiger partial charge in [-0.3, -0.25) is 4.79 Å². The Bertz CT molecular complexity index is 977. The molecule has 0 radical (unpaired) electrons. The zero-order valence-corrected chi connectivity index (χ0v) is 15.7. The molecule has 136 valence electrons. The lowest BCUT2D eigenvalue weighted by molar-refractivity contribution is 0.254. The van der Waals surface area contributed by atoms with Crippen LogP contribution in [0.4, 0.5) is 0 Å². The van der Waals surface area contributed by atoms with Gasteiger partial charge in [-0.05, 0) is 76.2 Å². The molecule has 0 amide bonds. The van der Waals surface area contributed by atoms with E-state index in [9.17, 15) is 4.79 Å². The molecule has 1 fully saturated rings. The number of hydrogen-bond donors (Lipinski definition) is 1. The van der Waals surface area contributed by atoms with Crippen molar-refractivity contribution in [1.82, 2.24) is 19.4 Å². The third-order valence-corrected chi connectivity index (χ3v) is 5.52. The Kier molecular flexibility index (Phi) is 4.41. The number of nitrogens with one attached hydrogen (secondary N) is 1. The van der Waals surface area contributed by atoms with Gasteiger partial charge in [0.25, 0.3) is 5.56 Å². The fourth-order valence-electron chi connectivity index (χ4n) is 3.90. The van der Waals surface area contributed by atoms with Gasteiger partial charge in [0.05, 0.1) is 0 Å². The minimum absolute atomic E-state index is 0.0372. The fraction of sp³-hybridized carbons (Fsp3) is 0.429. The molecule has 0 aliphatic carbocycles. The molecule has 0 aromatic carbocycles. The number of nitrogens with zero attached hydrogens (tertiary/aromatic N) is 3. The second-order valence-corrected chi connectivity index (χ2v) is 7.68. The number of aromatic nitrogens is 3. The largest absolute Gasteiger partial charge is 0.343 e. The number of rotatable bonds is 3. The number of pyridine rings is 2. The minimum Gasteiger partial charge on any atom is -0.343 e. The van der Waals surface area contributed by atoms with Crippen LogP contribution in [0.5, 0.6) is 0 Å². The van der Waals surface area contributed by atoms with E-state index in [1.807, 2.05) is 38.4 Å². The van der Waals surface area contributed by atoms with Gasteiger partial charge in [0.1, 0.15) is 5.65 Å². The Balaban J connectivity index is 1.77. The molecule has 0 spiro atoms. The quantitative estimate of drug-likeness (QED) is 0.782. The predicted molar refractivity (Wildman–Crippen MR) is 106 cm³/mol. The summed E-state index contributed by atoms with van der Waals surface area (Å²) in [7, 11) is 2.19. The van der Waals surface area contributed by atoms with Crippen LogP contribution in [0.3, 0.4) is 0 Å². The van der Waals surface area contributed by atoms with Gasteiger partial charge < -0.3 is 14.5 Å². The Labute approximate surface area is 153 Å². The molecule has 5 heteroatoms. The molecule has 0 unspecified atom stereocenters. The van der Waals surface area contributed by atoms with Crippen molar-refractivity contribution in [2.45, 2.75) is 38.6 Å². The van der Waals surface area contributed by atoms with Crippen molar-refractivity contribution in [2.24, 2.45) is 0 Å². The molecule has 26 heavy (non-hydrogen) atoms. The van der Waals surface area contributed by atoms with Crippen LogP contribution >= 0.6 is 0 Å². The van der Waals surface area contributed by atoms with Crippen molar-refractivity contribution in [2.75, 3.05) is 20.1 Å². The van der Waals surface area contributed by atoms with Gasteiger partial charge in [0.15, 0.2) is 0 Å². The second-order valence-electron chi connectivity index (χ2n) is 7.68. The van der Waals surface area contributed by atoms with Crippen LogP contribution in [0.2, 0.25) is 0 Å². The molecule has 3 aromatic rings. The zero-order chi connectivity index (χ0) is 18.3. The van der Waals surface area contributed by atoms with Crippen LogP contribution in [-0.2, 0) is 0 Å². The van der Waals surface area contributed by atoms with Crippen molar-refractivity contribution in [3.8, 4) is 11.1 Å². The molecule has 1 N–H and O–H groups in total. The standard InChI is InChI=1S/C21H26N4O/c1-14(2)25-13-16(4-5-20(25)26)17-6-9-22-21-18(17)12-19(23-21)15-7-10-24(3)11-8-15/h4-6,9,12-15H,7-8,10-11H2,1-3H3,(H,22,23). The molecule has 1 aliphatic rings. The molecule has 4 rings (SSSR count). The van der Waals surface area contributed by atoms with E-state index in [-0.39, 0.29) is 11.6 Å². The first-order valence-corrected chi connectivity index (χ1v) is 9.41. The first-order valence-electron chi connectivity index (χ1n) is 9.41. The first kappa shape index (κ1) is 17.0. The third kappa shape index (κ3) is 3.07. The van der Waals surface area contributed by atoms with Crippen molar-refractivity contribution in [3.63, 3.8) is 0 Å². The molecule has 0 bridgehead atoms. The van der Waals surface area contributed by atoms with Crippen LogP contribution in [0.1, 0.15) is 44.3 Å². The zero-order valence-electron chi connectivity index (χ0n) is 15.7. The smallest absolute Gasteiger partial charge is 0.250 e. The highest BCUT2D eigenvalue weighted by Crippen LogP contribution is 2.33. The molecule has 3 aromatic heterocycles. The maximum absolute atomic E-state index is 12.1. The van der Waals surface area contributed by atoms with E-state index < -0.39 is 0 Å². The average molecular weight is 350 g/mol. The number of fused-ring (bicyclic) bond motifs is 1. The van der Waals surface area contributed by atoms with Crippen molar-refractivity contribution in [1.29, 1.82) is 0 Å². The number of hydrogen-bond acceptors (Lipinski definition) is 3. The van der Waals surface area contributed by atoms with Crippen LogP contribution in [0.25, 0.3) is 22.2 Å². The molecular formula is C21H26N4O. The number of piperidine rings is 1. The molecule has 5 nitrogen and oxygen atoms in total. The monoisotopic (exact) mass is 350 g/mol. The summed E-state index contributed by atoms with van der Waals surface area (Å²) < 4.78 is 1.78. The molecule has 0 saturated carbocycles. The summed E-state index contributed by atoms with van der Waals surface area (Å²) in [6, 6.07) is 8.02. The van der Waals surface area contributed by atoms with Crippen LogP contribution < -0.4 is 5.56 Å². The molecule has 0 atom stereocenters. The highest BCUT2D eigenvalue weighted by atomic mass is 16.1. The molecule has 1 saturated heterocycles. The summed E-state index contributed by atoms with van der Waals surface area (Å²) >= 11 is 0. The van der Waals surface area contributed by atoms with Gasteiger partial charge in [0, 0.05) is 41.5 Å². The second kappa shape index (κ2) is 6.72. The van der Waals surface area contributed by atoms with Crippen LogP contribution in [0, 0.1) is 0 Å². The Morgan fingerprint density at radius 2 is 1.96 bits per heavy atom. The molecule has 1 aliphatic heterocycles. The average Bonchev–Trinajstić information content (AvgIpc) is 3.06. The van der Waals surface area contributed by atoms with Crippen LogP contribution in [0.15, 0.2) is 41.5 Å². The highest BCUT2D eigenvalue weighted by molar-refractivity contribution is 5.93. The van der Waals surface area contributed by atoms with Crippen molar-refractivity contribution < 1.29 is 0 Å². The number of aromatic amines is 1. The predicted octanol–water partition coefficient (Wildman–Crippen LogP) is 3.78. The Hall–Kier alpha value is -2.40. The summed E-state index contributed by atoms with van der Waals surface area (Å²) in [5, 5.41) is 1.13. The Morgan fingerprint density at radius 3 is 2.69 bits per heavy atom. The first-order chi connectivity index (χ1) is 12.5. The number of likely N-dealkylation sites (tertiary alicyclic amines) is 1. The lowest BCUT2D eigenvalue weighted by atomic mass is 9.93. The number of H-pyrrole nitrogens is 1. The Morgan fingerprint density at radius 1 is 1.19 bits per heavy atom. The normalized spacial score (nSPS) is 16.6. The fourth-order valence-corrected chi connectivity index (χ4v) is 3.90. The lowest BCUT2D eigenvalue weighted by Gasteiger charge is -2.28. The summed E-state index contributed by atoms with van der Waals surface area (Å²) in [5.41, 5.74) is 4.43. The van der Waals surface area contributed by atoms with E-state index >= 15 is 0 Å². The summed E-state index contributed by atoms with van der Waals surface area (Å²) in [6.07, 6.45) is 6.16. The van der Waals surface area contributed by atoms with E-state index in [1.54, 1.807) is 10.6 Å². The topological polar surface area (TPSA) is 53.9 Å². The van der Waals surface area contributed by atoms with E-state index in [4.69, 9.17) is 0 Å². The van der Waals surface area contributed by atoms with Gasteiger partial charge in [-0.1, -0.05) is 0 Å². The van der Waals surface area contributed by atoms with Gasteiger partial charge in [0.2, 0.25) is 0 Å². The summed E-state index contributed by atoms with van der Waals surface area (Å²) in [5.74, 6) is 0.567. The highest BCUT2D eigenvalue weighted by Gasteiger charge is 2.21. The summed E-state index contributed by atoms with van der Waals surface area (Å²) in [6.45, 7) is 6.34. The minimum atomic E-state index is 0.0372. The van der Waals surface area contributed by atoms with E-state index in [0.29, 0.717) is 5.92 Å². The van der Waals surface area contributed by atoms with E-state index in [2.05, 4.69) is 28.0 Å². The van der Waals surface area contributed by atoms with Crippen molar-refractivity contribution >= 4 is 11.0 Å². The van der Waals surface area contributed by atoms with Gasteiger partial charge in [-0.2, -0.15) is 0 Å². The molecular weight excluding hydrogens is 324 g/mol. The molecule has 4 heterocycles. The van der Waals surface area contributed by atoms with E-state index in [0.717, 1.165) is 35.2 Å². The summed E-state index contributed by atoms with van der Waals surface area (Å²) in [4.78, 5) is 22.6. The van der Waals surface area contributed by atoms with Gasteiger partial charge in [-0.25, -0.2) is 4.98 Å². The van der Waals surface area contributed by atoms with Gasteiger partial charge in [-0.15, -0.1) is 0 Å². The van der Waals surface area contributed by atoms with Crippen molar-refractivity contribution in [3.05, 3.63) is 52.7 Å².